The van der Waals surface area contributed by atoms with Crippen LogP contribution in [0.25, 0.3) is 0 Å². The zero-order chi connectivity index (χ0) is 14.4. The van der Waals surface area contributed by atoms with Crippen LogP contribution in [-0.4, -0.2) is 24.1 Å². The van der Waals surface area contributed by atoms with Crippen LogP contribution in [-0.2, 0) is 4.79 Å². The number of benzene rings is 1. The van der Waals surface area contributed by atoms with Gasteiger partial charge in [0.15, 0.2) is 17.6 Å². The Morgan fingerprint density at radius 1 is 1.20 bits per heavy atom. The van der Waals surface area contributed by atoms with E-state index in [2.05, 4.69) is 10.3 Å². The molecule has 0 saturated carbocycles. The standard InChI is InChI=1S/C15H16N2O3/c1-11(15(18)17-12-6-5-9-16-10-12)20-14-8-4-3-7-13(14)19-2/h3-11H,1-2H3,(H,17,18)/t11-/m0/s1. The van der Waals surface area contributed by atoms with Crippen LogP contribution in [0.5, 0.6) is 11.5 Å². The van der Waals surface area contributed by atoms with Gasteiger partial charge in [0, 0.05) is 6.20 Å². The SMILES string of the molecule is COc1ccccc1O[C@@H](C)C(=O)Nc1cccnc1. The lowest BCUT2D eigenvalue weighted by molar-refractivity contribution is -0.122. The van der Waals surface area contributed by atoms with Crippen LogP contribution >= 0.6 is 0 Å². The van der Waals surface area contributed by atoms with Crippen LogP contribution in [0.15, 0.2) is 48.8 Å². The molecule has 1 N–H and O–H groups in total. The number of pyridine rings is 1. The number of hydrogen-bond acceptors (Lipinski definition) is 4. The minimum absolute atomic E-state index is 0.246. The van der Waals surface area contributed by atoms with E-state index in [1.54, 1.807) is 50.7 Å². The van der Waals surface area contributed by atoms with Crippen molar-refractivity contribution in [2.24, 2.45) is 0 Å². The summed E-state index contributed by atoms with van der Waals surface area (Å²) in [7, 11) is 1.56. The molecule has 1 amide bonds. The Bertz CT molecular complexity index is 572. The average Bonchev–Trinajstić information content (AvgIpc) is 2.48. The number of methoxy groups -OCH3 is 1. The van der Waals surface area contributed by atoms with Gasteiger partial charge in [0.05, 0.1) is 19.0 Å². The number of amides is 1. The molecule has 0 saturated heterocycles. The van der Waals surface area contributed by atoms with Gasteiger partial charge >= 0.3 is 0 Å². The molecule has 20 heavy (non-hydrogen) atoms. The van der Waals surface area contributed by atoms with E-state index in [0.717, 1.165) is 0 Å². The first kappa shape index (κ1) is 13.9. The van der Waals surface area contributed by atoms with E-state index in [4.69, 9.17) is 9.47 Å². The van der Waals surface area contributed by atoms with Gasteiger partial charge in [-0.3, -0.25) is 9.78 Å². The number of carbonyl (C=O) groups is 1. The Hall–Kier alpha value is -2.56. The maximum atomic E-state index is 12.0. The minimum atomic E-state index is -0.647. The van der Waals surface area contributed by atoms with E-state index in [0.29, 0.717) is 17.2 Å². The number of para-hydroxylation sites is 2. The minimum Gasteiger partial charge on any atom is -0.493 e. The molecule has 0 aliphatic heterocycles. The lowest BCUT2D eigenvalue weighted by Gasteiger charge is -2.16. The molecule has 1 atom stereocenters. The van der Waals surface area contributed by atoms with Crippen molar-refractivity contribution >= 4 is 11.6 Å². The summed E-state index contributed by atoms with van der Waals surface area (Å²) < 4.78 is 10.8. The first-order chi connectivity index (χ1) is 9.70. The van der Waals surface area contributed by atoms with E-state index in [1.807, 2.05) is 12.1 Å². The zero-order valence-electron chi connectivity index (χ0n) is 11.4. The van der Waals surface area contributed by atoms with E-state index in [-0.39, 0.29) is 5.91 Å². The van der Waals surface area contributed by atoms with Crippen molar-refractivity contribution < 1.29 is 14.3 Å². The fraction of sp³-hybridized carbons (Fsp3) is 0.200. The van der Waals surface area contributed by atoms with E-state index < -0.39 is 6.10 Å². The predicted octanol–water partition coefficient (Wildman–Crippen LogP) is 2.50. The quantitative estimate of drug-likeness (QED) is 0.908. The largest absolute Gasteiger partial charge is 0.493 e. The van der Waals surface area contributed by atoms with Gasteiger partial charge in [0.2, 0.25) is 0 Å². The Morgan fingerprint density at radius 2 is 1.95 bits per heavy atom. The summed E-state index contributed by atoms with van der Waals surface area (Å²) >= 11 is 0. The fourth-order valence-electron chi connectivity index (χ4n) is 1.64. The lowest BCUT2D eigenvalue weighted by atomic mass is 10.3. The topological polar surface area (TPSA) is 60.5 Å². The maximum absolute atomic E-state index is 12.0. The van der Waals surface area contributed by atoms with Gasteiger partial charge < -0.3 is 14.8 Å². The number of rotatable bonds is 5. The number of anilines is 1. The molecule has 2 aromatic rings. The van der Waals surface area contributed by atoms with Gasteiger partial charge in [-0.15, -0.1) is 0 Å². The lowest BCUT2D eigenvalue weighted by Crippen LogP contribution is -2.30. The Balaban J connectivity index is 2.01. The number of hydrogen-bond donors (Lipinski definition) is 1. The smallest absolute Gasteiger partial charge is 0.265 e. The molecule has 5 heteroatoms. The highest BCUT2D eigenvalue weighted by atomic mass is 16.5. The van der Waals surface area contributed by atoms with Crippen molar-refractivity contribution in [1.29, 1.82) is 0 Å². The van der Waals surface area contributed by atoms with Gasteiger partial charge in [0.1, 0.15) is 0 Å². The first-order valence-electron chi connectivity index (χ1n) is 6.21. The highest BCUT2D eigenvalue weighted by Gasteiger charge is 2.16. The monoisotopic (exact) mass is 272 g/mol. The van der Waals surface area contributed by atoms with Crippen molar-refractivity contribution in [3.8, 4) is 11.5 Å². The van der Waals surface area contributed by atoms with Crippen LogP contribution in [0, 0.1) is 0 Å². The van der Waals surface area contributed by atoms with Crippen molar-refractivity contribution in [2.75, 3.05) is 12.4 Å². The second-order valence-corrected chi connectivity index (χ2v) is 4.14. The summed E-state index contributed by atoms with van der Waals surface area (Å²) in [4.78, 5) is 15.9. The third-order valence-corrected chi connectivity index (χ3v) is 2.67. The summed E-state index contributed by atoms with van der Waals surface area (Å²) in [5.41, 5.74) is 0.632. The number of carbonyl (C=O) groups excluding carboxylic acids is 1. The molecule has 1 aromatic heterocycles. The fourth-order valence-corrected chi connectivity index (χ4v) is 1.64. The second kappa shape index (κ2) is 6.56. The summed E-state index contributed by atoms with van der Waals surface area (Å²) in [5.74, 6) is 0.876. The molecule has 0 aliphatic rings. The summed E-state index contributed by atoms with van der Waals surface area (Å²) in [6.45, 7) is 1.68. The summed E-state index contributed by atoms with van der Waals surface area (Å²) in [5, 5.41) is 2.73. The summed E-state index contributed by atoms with van der Waals surface area (Å²) in [6, 6.07) is 10.7. The van der Waals surface area contributed by atoms with E-state index >= 15 is 0 Å². The van der Waals surface area contributed by atoms with Crippen LogP contribution in [0.4, 0.5) is 5.69 Å². The normalized spacial score (nSPS) is 11.5. The molecule has 0 radical (unpaired) electrons. The van der Waals surface area contributed by atoms with E-state index in [9.17, 15) is 4.79 Å². The molecule has 0 fully saturated rings. The molecule has 0 spiro atoms. The van der Waals surface area contributed by atoms with Crippen LogP contribution < -0.4 is 14.8 Å². The summed E-state index contributed by atoms with van der Waals surface area (Å²) in [6.07, 6.45) is 2.57. The van der Waals surface area contributed by atoms with E-state index in [1.165, 1.54) is 0 Å². The van der Waals surface area contributed by atoms with Crippen molar-refractivity contribution in [2.45, 2.75) is 13.0 Å². The Kier molecular flexibility index (Phi) is 4.55. The number of ether oxygens (including phenoxy) is 2. The molecular formula is C15H16N2O3. The first-order valence-corrected chi connectivity index (χ1v) is 6.21. The zero-order valence-corrected chi connectivity index (χ0v) is 11.4. The molecule has 104 valence electrons. The number of aromatic nitrogens is 1. The van der Waals surface area contributed by atoms with Gasteiger partial charge in [-0.2, -0.15) is 0 Å². The van der Waals surface area contributed by atoms with Crippen LogP contribution in [0.2, 0.25) is 0 Å². The molecular weight excluding hydrogens is 256 g/mol. The molecule has 0 aliphatic carbocycles. The van der Waals surface area contributed by atoms with Gasteiger partial charge in [-0.25, -0.2) is 0 Å². The Morgan fingerprint density at radius 3 is 2.60 bits per heavy atom. The highest BCUT2D eigenvalue weighted by Crippen LogP contribution is 2.26. The molecule has 1 aromatic carbocycles. The van der Waals surface area contributed by atoms with Crippen LogP contribution in [0.3, 0.4) is 0 Å². The molecule has 2 rings (SSSR count). The van der Waals surface area contributed by atoms with Crippen LogP contribution in [0.1, 0.15) is 6.92 Å². The third kappa shape index (κ3) is 3.47. The number of nitrogens with zero attached hydrogens (tertiary/aromatic N) is 1. The van der Waals surface area contributed by atoms with Crippen molar-refractivity contribution in [3.63, 3.8) is 0 Å². The van der Waals surface area contributed by atoms with Gasteiger partial charge in [0.25, 0.3) is 5.91 Å². The molecule has 5 nitrogen and oxygen atoms in total. The highest BCUT2D eigenvalue weighted by molar-refractivity contribution is 5.93. The average molecular weight is 272 g/mol. The maximum Gasteiger partial charge on any atom is 0.265 e. The third-order valence-electron chi connectivity index (χ3n) is 2.67. The Labute approximate surface area is 117 Å². The van der Waals surface area contributed by atoms with Crippen molar-refractivity contribution in [1.82, 2.24) is 4.98 Å². The second-order valence-electron chi connectivity index (χ2n) is 4.14. The predicted molar refractivity (Wildman–Crippen MR) is 76.0 cm³/mol. The molecule has 1 heterocycles. The van der Waals surface area contributed by atoms with Gasteiger partial charge in [-0.1, -0.05) is 12.1 Å². The molecule has 0 unspecified atom stereocenters. The van der Waals surface area contributed by atoms with Gasteiger partial charge in [-0.05, 0) is 31.2 Å². The van der Waals surface area contributed by atoms with Crippen molar-refractivity contribution in [3.05, 3.63) is 48.8 Å². The number of nitrogens with one attached hydrogen (secondary N) is 1. The molecule has 0 bridgehead atoms.